The Balaban J connectivity index is 1.56. The standard InChI is InChI=1S/C18H22N6O2/c1-3-12-9-15(22-26-12)18(25)24-8-4-5-11(10-24)14-7-6-13-16(19)21-23(2)17(13)20-14/h6-7,9,11H,3-5,8,10H2,1-2H3,(H2,19,21). The lowest BCUT2D eigenvalue weighted by molar-refractivity contribution is 0.0695. The first-order valence-corrected chi connectivity index (χ1v) is 8.90. The lowest BCUT2D eigenvalue weighted by Gasteiger charge is -2.32. The second-order valence-corrected chi connectivity index (χ2v) is 6.74. The van der Waals surface area contributed by atoms with Crippen molar-refractivity contribution in [2.24, 2.45) is 7.05 Å². The summed E-state index contributed by atoms with van der Waals surface area (Å²) in [6.45, 7) is 3.32. The molecule has 0 saturated carbocycles. The molecule has 4 heterocycles. The van der Waals surface area contributed by atoms with Gasteiger partial charge in [-0.05, 0) is 25.0 Å². The maximum Gasteiger partial charge on any atom is 0.276 e. The number of rotatable bonds is 3. The summed E-state index contributed by atoms with van der Waals surface area (Å²) in [5.41, 5.74) is 8.02. The van der Waals surface area contributed by atoms with Crippen molar-refractivity contribution in [2.45, 2.75) is 32.1 Å². The van der Waals surface area contributed by atoms with Gasteiger partial charge in [-0.2, -0.15) is 5.10 Å². The molecule has 3 aromatic rings. The topological polar surface area (TPSA) is 103 Å². The summed E-state index contributed by atoms with van der Waals surface area (Å²) >= 11 is 0. The van der Waals surface area contributed by atoms with Gasteiger partial charge in [0.1, 0.15) is 5.76 Å². The molecule has 8 nitrogen and oxygen atoms in total. The highest BCUT2D eigenvalue weighted by Crippen LogP contribution is 2.29. The van der Waals surface area contributed by atoms with Gasteiger partial charge in [-0.3, -0.25) is 4.79 Å². The molecule has 1 aliphatic heterocycles. The van der Waals surface area contributed by atoms with E-state index >= 15 is 0 Å². The second kappa shape index (κ2) is 6.44. The first kappa shape index (κ1) is 16.6. The van der Waals surface area contributed by atoms with Crippen LogP contribution in [-0.4, -0.2) is 43.8 Å². The average Bonchev–Trinajstić information content (AvgIpc) is 3.26. The van der Waals surface area contributed by atoms with Crippen LogP contribution in [0, 0.1) is 0 Å². The predicted octanol–water partition coefficient (Wildman–Crippen LogP) is 2.12. The van der Waals surface area contributed by atoms with Crippen molar-refractivity contribution in [2.75, 3.05) is 18.8 Å². The van der Waals surface area contributed by atoms with E-state index in [1.165, 1.54) is 0 Å². The highest BCUT2D eigenvalue weighted by molar-refractivity contribution is 5.92. The van der Waals surface area contributed by atoms with E-state index < -0.39 is 0 Å². The number of nitrogens with zero attached hydrogens (tertiary/aromatic N) is 5. The number of aryl methyl sites for hydroxylation is 2. The molecule has 1 amide bonds. The number of likely N-dealkylation sites (tertiary alicyclic amines) is 1. The molecule has 0 bridgehead atoms. The smallest absolute Gasteiger partial charge is 0.276 e. The number of amides is 1. The largest absolute Gasteiger partial charge is 0.382 e. The third-order valence-corrected chi connectivity index (χ3v) is 4.99. The minimum absolute atomic E-state index is 0.0796. The third-order valence-electron chi connectivity index (χ3n) is 4.99. The van der Waals surface area contributed by atoms with Crippen molar-refractivity contribution in [3.63, 3.8) is 0 Å². The molecule has 0 aliphatic carbocycles. The number of hydrogen-bond acceptors (Lipinski definition) is 6. The van der Waals surface area contributed by atoms with Crippen LogP contribution < -0.4 is 5.73 Å². The summed E-state index contributed by atoms with van der Waals surface area (Å²) in [6, 6.07) is 5.69. The van der Waals surface area contributed by atoms with E-state index in [1.807, 2.05) is 31.0 Å². The Morgan fingerprint density at radius 1 is 1.42 bits per heavy atom. The molecule has 1 unspecified atom stereocenters. The molecule has 1 saturated heterocycles. The van der Waals surface area contributed by atoms with Gasteiger partial charge >= 0.3 is 0 Å². The predicted molar refractivity (Wildman–Crippen MR) is 96.7 cm³/mol. The third kappa shape index (κ3) is 2.81. The molecular weight excluding hydrogens is 332 g/mol. The van der Waals surface area contributed by atoms with Crippen LogP contribution in [-0.2, 0) is 13.5 Å². The molecule has 2 N–H and O–H groups in total. The summed E-state index contributed by atoms with van der Waals surface area (Å²) < 4.78 is 6.87. The summed E-state index contributed by atoms with van der Waals surface area (Å²) in [6.07, 6.45) is 2.65. The van der Waals surface area contributed by atoms with E-state index in [9.17, 15) is 4.79 Å². The molecule has 1 fully saturated rings. The Hall–Kier alpha value is -2.90. The van der Waals surface area contributed by atoms with Crippen molar-refractivity contribution in [3.05, 3.63) is 35.3 Å². The fourth-order valence-corrected chi connectivity index (χ4v) is 3.55. The molecule has 0 aromatic carbocycles. The first-order chi connectivity index (χ1) is 12.6. The molecule has 1 aliphatic rings. The van der Waals surface area contributed by atoms with Gasteiger partial charge in [0.05, 0.1) is 5.39 Å². The van der Waals surface area contributed by atoms with Crippen LogP contribution in [0.15, 0.2) is 22.7 Å². The van der Waals surface area contributed by atoms with E-state index in [4.69, 9.17) is 15.2 Å². The van der Waals surface area contributed by atoms with Crippen molar-refractivity contribution < 1.29 is 9.32 Å². The lowest BCUT2D eigenvalue weighted by atomic mass is 9.94. The van der Waals surface area contributed by atoms with Gasteiger partial charge in [-0.25, -0.2) is 9.67 Å². The van der Waals surface area contributed by atoms with E-state index in [2.05, 4.69) is 10.3 Å². The molecule has 8 heteroatoms. The van der Waals surface area contributed by atoms with Crippen LogP contribution in [0.1, 0.15) is 47.6 Å². The Morgan fingerprint density at radius 2 is 2.27 bits per heavy atom. The van der Waals surface area contributed by atoms with Gasteiger partial charge in [0.25, 0.3) is 5.91 Å². The zero-order chi connectivity index (χ0) is 18.3. The van der Waals surface area contributed by atoms with Gasteiger partial charge in [0.2, 0.25) is 0 Å². The number of hydrogen-bond donors (Lipinski definition) is 1. The molecule has 0 spiro atoms. The van der Waals surface area contributed by atoms with Crippen LogP contribution in [0.2, 0.25) is 0 Å². The number of nitrogens with two attached hydrogens (primary N) is 1. The molecular formula is C18H22N6O2. The number of piperidine rings is 1. The molecule has 26 heavy (non-hydrogen) atoms. The Labute approximate surface area is 151 Å². The van der Waals surface area contributed by atoms with Crippen LogP contribution in [0.4, 0.5) is 5.82 Å². The quantitative estimate of drug-likeness (QED) is 0.773. The van der Waals surface area contributed by atoms with Crippen LogP contribution in [0.3, 0.4) is 0 Å². The zero-order valence-corrected chi connectivity index (χ0v) is 15.0. The van der Waals surface area contributed by atoms with Gasteiger partial charge in [0, 0.05) is 44.2 Å². The Kier molecular flexibility index (Phi) is 4.10. The lowest BCUT2D eigenvalue weighted by Crippen LogP contribution is -2.39. The Morgan fingerprint density at radius 3 is 3.04 bits per heavy atom. The summed E-state index contributed by atoms with van der Waals surface area (Å²) in [5.74, 6) is 1.32. The van der Waals surface area contributed by atoms with Crippen LogP contribution in [0.25, 0.3) is 11.0 Å². The number of anilines is 1. The summed E-state index contributed by atoms with van der Waals surface area (Å²) in [7, 11) is 1.84. The number of carbonyl (C=O) groups excluding carboxylic acids is 1. The first-order valence-electron chi connectivity index (χ1n) is 8.90. The summed E-state index contributed by atoms with van der Waals surface area (Å²) in [4.78, 5) is 19.3. The minimum atomic E-state index is -0.0796. The maximum absolute atomic E-state index is 12.7. The van der Waals surface area contributed by atoms with Gasteiger partial charge in [0.15, 0.2) is 17.2 Å². The SMILES string of the molecule is CCc1cc(C(=O)N2CCCC(c3ccc4c(N)nn(C)c4n3)C2)no1. The van der Waals surface area contributed by atoms with E-state index in [1.54, 1.807) is 10.7 Å². The number of carbonyl (C=O) groups is 1. The van der Waals surface area contributed by atoms with Crippen molar-refractivity contribution in [1.82, 2.24) is 24.8 Å². The van der Waals surface area contributed by atoms with Crippen LogP contribution in [0.5, 0.6) is 0 Å². The molecule has 3 aromatic heterocycles. The summed E-state index contributed by atoms with van der Waals surface area (Å²) in [5, 5.41) is 8.98. The van der Waals surface area contributed by atoms with Gasteiger partial charge in [-0.15, -0.1) is 0 Å². The number of pyridine rings is 1. The number of nitrogen functional groups attached to an aromatic ring is 1. The van der Waals surface area contributed by atoms with Crippen LogP contribution >= 0.6 is 0 Å². The van der Waals surface area contributed by atoms with Gasteiger partial charge in [-0.1, -0.05) is 12.1 Å². The van der Waals surface area contributed by atoms with Crippen molar-refractivity contribution >= 4 is 22.8 Å². The minimum Gasteiger partial charge on any atom is -0.382 e. The molecule has 1 atom stereocenters. The van der Waals surface area contributed by atoms with E-state index in [-0.39, 0.29) is 11.8 Å². The molecule has 136 valence electrons. The molecule has 0 radical (unpaired) electrons. The van der Waals surface area contributed by atoms with Crippen molar-refractivity contribution in [3.8, 4) is 0 Å². The normalized spacial score (nSPS) is 17.8. The van der Waals surface area contributed by atoms with Crippen molar-refractivity contribution in [1.29, 1.82) is 0 Å². The van der Waals surface area contributed by atoms with E-state index in [0.717, 1.165) is 48.3 Å². The second-order valence-electron chi connectivity index (χ2n) is 6.74. The average molecular weight is 354 g/mol. The number of aromatic nitrogens is 4. The fraction of sp³-hybridized carbons (Fsp3) is 0.444. The van der Waals surface area contributed by atoms with Gasteiger partial charge < -0.3 is 15.2 Å². The maximum atomic E-state index is 12.7. The highest BCUT2D eigenvalue weighted by Gasteiger charge is 2.28. The fourth-order valence-electron chi connectivity index (χ4n) is 3.55. The van der Waals surface area contributed by atoms with E-state index in [0.29, 0.717) is 18.1 Å². The highest BCUT2D eigenvalue weighted by atomic mass is 16.5. The Bertz CT molecular complexity index is 960. The number of fused-ring (bicyclic) bond motifs is 1. The zero-order valence-electron chi connectivity index (χ0n) is 15.0. The monoisotopic (exact) mass is 354 g/mol. The molecule has 4 rings (SSSR count).